The number of anilines is 3. The van der Waals surface area contributed by atoms with Gasteiger partial charge >= 0.3 is 0 Å². The smallest absolute Gasteiger partial charge is 0.151 e. The quantitative estimate of drug-likeness (QED) is 0.173. The minimum atomic E-state index is 0.226. The maximum atomic E-state index is 6.54. The topological polar surface area (TPSA) is 26.6 Å². The van der Waals surface area contributed by atoms with Gasteiger partial charge in [-0.2, -0.15) is 0 Å². The molecule has 4 nitrogen and oxygen atoms in total. The van der Waals surface area contributed by atoms with Crippen molar-refractivity contribution >= 4 is 49.6 Å². The third-order valence-electron chi connectivity index (χ3n) is 13.5. The summed E-state index contributed by atoms with van der Waals surface area (Å²) in [6, 6.07) is 80.9. The van der Waals surface area contributed by atoms with Gasteiger partial charge in [-0.25, -0.2) is 0 Å². The zero-order chi connectivity index (χ0) is 42.8. The Morgan fingerprint density at radius 3 is 1.60 bits per heavy atom. The van der Waals surface area contributed by atoms with Gasteiger partial charge in [-0.05, 0) is 142 Å². The lowest BCUT2D eigenvalue weighted by Gasteiger charge is -2.32. The number of benzene rings is 10. The summed E-state index contributed by atoms with van der Waals surface area (Å²) in [6.07, 6.45) is 1.97. The van der Waals surface area contributed by atoms with Crippen LogP contribution in [0.3, 0.4) is 0 Å². The number of para-hydroxylation sites is 6. The summed E-state index contributed by atoms with van der Waals surface area (Å²) in [5, 5.41) is 4.90. The van der Waals surface area contributed by atoms with Crippen molar-refractivity contribution in [3.63, 3.8) is 0 Å². The van der Waals surface area contributed by atoms with Crippen molar-refractivity contribution in [2.45, 2.75) is 18.8 Å². The van der Waals surface area contributed by atoms with Crippen LogP contribution in [-0.2, 0) is 6.42 Å². The first-order chi connectivity index (χ1) is 32.2. The van der Waals surface area contributed by atoms with E-state index in [-0.39, 0.29) is 5.92 Å². The molecule has 10 aromatic carbocycles. The molecule has 13 rings (SSSR count). The van der Waals surface area contributed by atoms with Gasteiger partial charge in [0, 0.05) is 33.6 Å². The third kappa shape index (κ3) is 6.37. The Labute approximate surface area is 377 Å². The highest BCUT2D eigenvalue weighted by Crippen LogP contribution is 2.50. The van der Waals surface area contributed by atoms with Crippen molar-refractivity contribution in [2.75, 3.05) is 4.90 Å². The van der Waals surface area contributed by atoms with E-state index in [1.54, 1.807) is 0 Å². The van der Waals surface area contributed by atoms with Crippen LogP contribution < -0.4 is 14.4 Å². The van der Waals surface area contributed by atoms with Gasteiger partial charge in [-0.3, -0.25) is 0 Å². The van der Waals surface area contributed by atoms with Crippen molar-refractivity contribution < 1.29 is 9.47 Å². The molecule has 2 aliphatic heterocycles. The number of nitrogens with zero attached hydrogens (tertiary/aromatic N) is 2. The molecule has 0 N–H and O–H groups in total. The number of ether oxygens (including phenoxy) is 2. The summed E-state index contributed by atoms with van der Waals surface area (Å²) >= 11 is 0. The minimum absolute atomic E-state index is 0.226. The zero-order valence-corrected chi connectivity index (χ0v) is 35.6. The van der Waals surface area contributed by atoms with Crippen LogP contribution in [0, 0.1) is 0 Å². The molecule has 1 unspecified atom stereocenters. The third-order valence-corrected chi connectivity index (χ3v) is 13.5. The summed E-state index contributed by atoms with van der Waals surface area (Å²) in [5.74, 6) is 3.82. The molecule has 1 atom stereocenters. The van der Waals surface area contributed by atoms with E-state index in [0.717, 1.165) is 64.2 Å². The second-order valence-corrected chi connectivity index (χ2v) is 17.2. The summed E-state index contributed by atoms with van der Waals surface area (Å²) in [4.78, 5) is 2.29. The molecule has 0 fully saturated rings. The van der Waals surface area contributed by atoms with E-state index < -0.39 is 0 Å². The normalized spacial score (nSPS) is 14.1. The molecule has 308 valence electrons. The molecule has 2 aliphatic rings. The molecule has 3 heterocycles. The molecule has 0 spiro atoms. The molecule has 0 radical (unpaired) electrons. The van der Waals surface area contributed by atoms with Crippen molar-refractivity contribution in [1.82, 2.24) is 4.57 Å². The van der Waals surface area contributed by atoms with E-state index in [2.05, 4.69) is 210 Å². The highest BCUT2D eigenvalue weighted by atomic mass is 16.5. The average molecular weight is 835 g/mol. The van der Waals surface area contributed by atoms with E-state index in [1.165, 1.54) is 66.0 Å². The van der Waals surface area contributed by atoms with Crippen molar-refractivity contribution in [1.29, 1.82) is 0 Å². The molecular weight excluding hydrogens is 793 g/mol. The van der Waals surface area contributed by atoms with Crippen LogP contribution in [0.15, 0.2) is 224 Å². The Bertz CT molecular complexity index is 3580. The van der Waals surface area contributed by atoms with Crippen molar-refractivity contribution in [2.24, 2.45) is 0 Å². The Balaban J connectivity index is 0.897. The number of hydrogen-bond acceptors (Lipinski definition) is 3. The summed E-state index contributed by atoms with van der Waals surface area (Å²) < 4.78 is 15.3. The lowest BCUT2D eigenvalue weighted by molar-refractivity contribution is 0.454. The highest BCUT2D eigenvalue weighted by molar-refractivity contribution is 6.12. The van der Waals surface area contributed by atoms with Gasteiger partial charge in [0.1, 0.15) is 11.5 Å². The van der Waals surface area contributed by atoms with Crippen LogP contribution in [0.25, 0.3) is 60.5 Å². The van der Waals surface area contributed by atoms with Gasteiger partial charge in [-0.1, -0.05) is 140 Å². The SMILES string of the molecule is c1ccc2c(c1)CCC(c1ccc(-c3ccc4c(c3)c3cc(-c5ccc(N6c7ccccc7Oc7ccccc76)cc5)ccc3n4-c3ccc4ccccc4c3)cc1)c1ccccc1O2. The fraction of sp³-hybridized carbons (Fsp3) is 0.0492. The number of fused-ring (bicyclic) bond motifs is 8. The van der Waals surface area contributed by atoms with Gasteiger partial charge in [-0.15, -0.1) is 0 Å². The lowest BCUT2D eigenvalue weighted by Crippen LogP contribution is -2.15. The molecule has 4 heteroatoms. The Morgan fingerprint density at radius 2 is 0.908 bits per heavy atom. The molecule has 11 aromatic rings. The molecule has 0 saturated heterocycles. The van der Waals surface area contributed by atoms with Crippen molar-refractivity contribution in [3.05, 3.63) is 241 Å². The van der Waals surface area contributed by atoms with Crippen molar-refractivity contribution in [3.8, 4) is 50.9 Å². The molecule has 65 heavy (non-hydrogen) atoms. The van der Waals surface area contributed by atoms with Crippen LogP contribution in [0.5, 0.6) is 23.0 Å². The highest BCUT2D eigenvalue weighted by Gasteiger charge is 2.26. The van der Waals surface area contributed by atoms with Crippen LogP contribution in [0.1, 0.15) is 29.0 Å². The first-order valence-corrected chi connectivity index (χ1v) is 22.5. The summed E-state index contributed by atoms with van der Waals surface area (Å²) in [6.45, 7) is 0. The average Bonchev–Trinajstić information content (AvgIpc) is 3.69. The van der Waals surface area contributed by atoms with E-state index >= 15 is 0 Å². The predicted octanol–water partition coefficient (Wildman–Crippen LogP) is 16.7. The molecule has 0 bridgehead atoms. The van der Waals surface area contributed by atoms with E-state index in [1.807, 2.05) is 24.3 Å². The maximum absolute atomic E-state index is 6.54. The second-order valence-electron chi connectivity index (χ2n) is 17.2. The fourth-order valence-corrected chi connectivity index (χ4v) is 10.3. The van der Waals surface area contributed by atoms with Gasteiger partial charge in [0.15, 0.2) is 11.5 Å². The second kappa shape index (κ2) is 15.2. The van der Waals surface area contributed by atoms with E-state index in [0.29, 0.717) is 0 Å². The number of aromatic nitrogens is 1. The fourth-order valence-electron chi connectivity index (χ4n) is 10.3. The van der Waals surface area contributed by atoms with E-state index in [9.17, 15) is 0 Å². The first kappa shape index (κ1) is 37.2. The monoisotopic (exact) mass is 834 g/mol. The Hall–Kier alpha value is -8.34. The number of rotatable bonds is 5. The Morgan fingerprint density at radius 1 is 0.385 bits per heavy atom. The molecule has 0 aliphatic carbocycles. The van der Waals surface area contributed by atoms with Crippen LogP contribution in [0.4, 0.5) is 17.1 Å². The van der Waals surface area contributed by atoms with Gasteiger partial charge in [0.05, 0.1) is 22.4 Å². The van der Waals surface area contributed by atoms with Gasteiger partial charge < -0.3 is 18.9 Å². The first-order valence-electron chi connectivity index (χ1n) is 22.5. The molecule has 1 aromatic heterocycles. The number of aryl methyl sites for hydroxylation is 1. The summed E-state index contributed by atoms with van der Waals surface area (Å²) in [5.41, 5.74) is 15.2. The van der Waals surface area contributed by atoms with E-state index in [4.69, 9.17) is 9.47 Å². The minimum Gasteiger partial charge on any atom is -0.457 e. The van der Waals surface area contributed by atoms with Gasteiger partial charge in [0.25, 0.3) is 0 Å². The standard InChI is InChI=1S/C61H42N2O2/c1-2-13-45-37-49(33-27-40(45)11-1)63-54-35-29-46(41-21-23-43(24-22-41)50-34-28-44-12-3-7-17-58(44)64-59-18-8-4-14-51(50)59)38-52(54)53-39-47(30-36-55(53)63)42-25-31-48(32-26-42)62-56-15-5-9-19-60(56)65-61-20-10-6-16-57(61)62/h1-27,29-33,35-39,50H,28,34H2. The molecule has 0 saturated carbocycles. The number of hydrogen-bond donors (Lipinski definition) is 0. The van der Waals surface area contributed by atoms with Crippen LogP contribution in [-0.4, -0.2) is 4.57 Å². The van der Waals surface area contributed by atoms with Crippen LogP contribution in [0.2, 0.25) is 0 Å². The summed E-state index contributed by atoms with van der Waals surface area (Å²) in [7, 11) is 0. The molecule has 0 amide bonds. The maximum Gasteiger partial charge on any atom is 0.151 e. The molecular formula is C61H42N2O2. The van der Waals surface area contributed by atoms with Gasteiger partial charge in [0.2, 0.25) is 0 Å². The van der Waals surface area contributed by atoms with Crippen LogP contribution >= 0.6 is 0 Å². The lowest BCUT2D eigenvalue weighted by atomic mass is 9.84. The predicted molar refractivity (Wildman–Crippen MR) is 267 cm³/mol. The zero-order valence-electron chi connectivity index (χ0n) is 35.6. The Kier molecular flexibility index (Phi) is 8.70. The largest absolute Gasteiger partial charge is 0.457 e.